The van der Waals surface area contributed by atoms with Gasteiger partial charge in [-0.05, 0) is 37.9 Å². The van der Waals surface area contributed by atoms with Crippen molar-refractivity contribution in [1.82, 2.24) is 9.62 Å². The van der Waals surface area contributed by atoms with Crippen molar-refractivity contribution in [2.24, 2.45) is 11.8 Å². The lowest BCUT2D eigenvalue weighted by molar-refractivity contribution is -0.139. The van der Waals surface area contributed by atoms with Crippen LogP contribution in [0.15, 0.2) is 0 Å². The van der Waals surface area contributed by atoms with Gasteiger partial charge < -0.3 is 4.72 Å². The van der Waals surface area contributed by atoms with Crippen LogP contribution in [0.5, 0.6) is 0 Å². The van der Waals surface area contributed by atoms with Crippen LogP contribution >= 0.6 is 24.6 Å². The molecule has 7 heteroatoms. The third-order valence-electron chi connectivity index (χ3n) is 4.26. The van der Waals surface area contributed by atoms with Gasteiger partial charge in [-0.15, -0.1) is 0 Å². The van der Waals surface area contributed by atoms with E-state index in [1.54, 1.807) is 0 Å². The number of likely N-dealkylation sites (tertiary alicyclic amines) is 1. The van der Waals surface area contributed by atoms with Crippen molar-refractivity contribution >= 4 is 42.3 Å². The van der Waals surface area contributed by atoms with Gasteiger partial charge in [0.05, 0.1) is 5.25 Å². The normalized spacial score (nSPS) is 28.2. The van der Waals surface area contributed by atoms with Crippen LogP contribution in [-0.2, 0) is 14.4 Å². The minimum Gasteiger partial charge on any atom is -0.303 e. The number of imide groups is 1. The fourth-order valence-electron chi connectivity index (χ4n) is 2.99. The number of nitrogens with zero attached hydrogens (tertiary/aromatic N) is 1. The second-order valence-electron chi connectivity index (χ2n) is 5.46. The lowest BCUT2D eigenvalue weighted by Gasteiger charge is -2.29. The first-order valence-corrected chi connectivity index (χ1v) is 9.61. The number of rotatable bonds is 4. The SMILES string of the molecule is CC.CSC1CC(=O)N(CC2CCC(C(=O)NS)CC2)C1=O. The zero-order chi connectivity index (χ0) is 16.7. The molecule has 0 spiro atoms. The Morgan fingerprint density at radius 2 is 1.86 bits per heavy atom. The van der Waals surface area contributed by atoms with Gasteiger partial charge in [-0.3, -0.25) is 19.3 Å². The third kappa shape index (κ3) is 4.65. The van der Waals surface area contributed by atoms with E-state index in [4.69, 9.17) is 0 Å². The molecule has 2 aliphatic rings. The summed E-state index contributed by atoms with van der Waals surface area (Å²) in [4.78, 5) is 36.8. The van der Waals surface area contributed by atoms with Crippen molar-refractivity contribution in [2.45, 2.75) is 51.2 Å². The fourth-order valence-corrected chi connectivity index (χ4v) is 3.81. The highest BCUT2D eigenvalue weighted by Crippen LogP contribution is 2.32. The molecule has 1 saturated carbocycles. The topological polar surface area (TPSA) is 66.5 Å². The van der Waals surface area contributed by atoms with E-state index in [1.165, 1.54) is 16.7 Å². The van der Waals surface area contributed by atoms with Crippen LogP contribution in [0.4, 0.5) is 0 Å². The Morgan fingerprint density at radius 1 is 1.27 bits per heavy atom. The molecule has 5 nitrogen and oxygen atoms in total. The second kappa shape index (κ2) is 9.45. The Hall–Kier alpha value is -0.690. The highest BCUT2D eigenvalue weighted by molar-refractivity contribution is 8.00. The van der Waals surface area contributed by atoms with Crippen molar-refractivity contribution in [3.63, 3.8) is 0 Å². The van der Waals surface area contributed by atoms with Crippen LogP contribution in [0.2, 0.25) is 0 Å². The van der Waals surface area contributed by atoms with Crippen LogP contribution in [0.1, 0.15) is 46.0 Å². The Balaban J connectivity index is 0.00000116. The van der Waals surface area contributed by atoms with Crippen molar-refractivity contribution in [2.75, 3.05) is 12.8 Å². The van der Waals surface area contributed by atoms with Gasteiger partial charge in [0, 0.05) is 18.9 Å². The van der Waals surface area contributed by atoms with Crippen molar-refractivity contribution in [1.29, 1.82) is 0 Å². The summed E-state index contributed by atoms with van der Waals surface area (Å²) in [6, 6.07) is 0. The molecular formula is C15H26N2O3S2. The molecule has 1 heterocycles. The van der Waals surface area contributed by atoms with E-state index in [-0.39, 0.29) is 28.9 Å². The van der Waals surface area contributed by atoms with Crippen LogP contribution in [0.25, 0.3) is 0 Å². The van der Waals surface area contributed by atoms with E-state index in [0.717, 1.165) is 25.7 Å². The van der Waals surface area contributed by atoms with E-state index in [9.17, 15) is 14.4 Å². The summed E-state index contributed by atoms with van der Waals surface area (Å²) >= 11 is 5.23. The molecule has 22 heavy (non-hydrogen) atoms. The average molecular weight is 347 g/mol. The van der Waals surface area contributed by atoms with Gasteiger partial charge in [0.2, 0.25) is 17.7 Å². The maximum Gasteiger partial charge on any atom is 0.242 e. The first-order valence-electron chi connectivity index (χ1n) is 7.87. The minimum atomic E-state index is -0.200. The molecule has 1 N–H and O–H groups in total. The quantitative estimate of drug-likeness (QED) is 0.605. The fraction of sp³-hybridized carbons (Fsp3) is 0.800. The number of hydrogen-bond acceptors (Lipinski definition) is 5. The number of thiol groups is 1. The highest BCUT2D eigenvalue weighted by atomic mass is 32.2. The summed E-state index contributed by atoms with van der Waals surface area (Å²) < 4.78 is 2.38. The molecule has 3 amide bonds. The van der Waals surface area contributed by atoms with Gasteiger partial charge >= 0.3 is 0 Å². The summed E-state index contributed by atoms with van der Waals surface area (Å²) in [6.07, 6.45) is 5.57. The standard InChI is InChI=1S/C13H20N2O3S2.C2H6/c1-20-10-6-11(16)15(13(10)18)7-8-2-4-9(5-3-8)12(17)14-19;1-2/h8-10,19H,2-7H2,1H3,(H,14,17);1-2H3. The zero-order valence-corrected chi connectivity index (χ0v) is 15.2. The number of thioether (sulfide) groups is 1. The Morgan fingerprint density at radius 3 is 2.32 bits per heavy atom. The van der Waals surface area contributed by atoms with Crippen LogP contribution in [-0.4, -0.2) is 40.7 Å². The summed E-state index contributed by atoms with van der Waals surface area (Å²) in [7, 11) is 0. The summed E-state index contributed by atoms with van der Waals surface area (Å²) in [5.41, 5.74) is 0. The van der Waals surface area contributed by atoms with Crippen molar-refractivity contribution in [3.05, 3.63) is 0 Å². The summed E-state index contributed by atoms with van der Waals surface area (Å²) in [5.74, 6) is 0.227. The predicted molar refractivity (Wildman–Crippen MR) is 92.6 cm³/mol. The lowest BCUT2D eigenvalue weighted by atomic mass is 9.81. The van der Waals surface area contributed by atoms with Crippen LogP contribution in [0.3, 0.4) is 0 Å². The Kier molecular flexibility index (Phi) is 8.31. The predicted octanol–water partition coefficient (Wildman–Crippen LogP) is 2.27. The average Bonchev–Trinajstić information content (AvgIpc) is 2.84. The van der Waals surface area contributed by atoms with E-state index in [0.29, 0.717) is 18.9 Å². The summed E-state index contributed by atoms with van der Waals surface area (Å²) in [5, 5.41) is -0.200. The molecular weight excluding hydrogens is 320 g/mol. The van der Waals surface area contributed by atoms with Crippen LogP contribution in [0, 0.1) is 11.8 Å². The largest absolute Gasteiger partial charge is 0.303 e. The lowest BCUT2D eigenvalue weighted by Crippen LogP contribution is -2.38. The van der Waals surface area contributed by atoms with Gasteiger partial charge in [-0.25, -0.2) is 0 Å². The molecule has 0 radical (unpaired) electrons. The van der Waals surface area contributed by atoms with Gasteiger partial charge in [0.1, 0.15) is 0 Å². The third-order valence-corrected chi connectivity index (χ3v) is 5.41. The molecule has 1 aliphatic heterocycles. The minimum absolute atomic E-state index is 0.0210. The first kappa shape index (κ1) is 19.4. The van der Waals surface area contributed by atoms with Crippen molar-refractivity contribution < 1.29 is 14.4 Å². The number of carbonyl (C=O) groups excluding carboxylic acids is 3. The Labute approximate surface area is 142 Å². The van der Waals surface area contributed by atoms with E-state index in [2.05, 4.69) is 17.5 Å². The number of nitrogens with one attached hydrogen (secondary N) is 1. The van der Waals surface area contributed by atoms with E-state index in [1.807, 2.05) is 20.1 Å². The molecule has 0 aromatic rings. The second-order valence-corrected chi connectivity index (χ2v) is 6.73. The number of carbonyl (C=O) groups is 3. The highest BCUT2D eigenvalue weighted by Gasteiger charge is 2.39. The summed E-state index contributed by atoms with van der Waals surface area (Å²) in [6.45, 7) is 4.52. The maximum atomic E-state index is 12.0. The molecule has 0 aromatic carbocycles. The maximum absolute atomic E-state index is 12.0. The van der Waals surface area contributed by atoms with Crippen molar-refractivity contribution in [3.8, 4) is 0 Å². The molecule has 1 saturated heterocycles. The molecule has 126 valence electrons. The van der Waals surface area contributed by atoms with Crippen LogP contribution < -0.4 is 4.72 Å². The van der Waals surface area contributed by atoms with Gasteiger partial charge in [0.15, 0.2) is 0 Å². The molecule has 1 aliphatic carbocycles. The molecule has 0 aromatic heterocycles. The van der Waals surface area contributed by atoms with Gasteiger partial charge in [0.25, 0.3) is 0 Å². The number of amides is 3. The first-order chi connectivity index (χ1) is 10.6. The van der Waals surface area contributed by atoms with Gasteiger partial charge in [-0.2, -0.15) is 11.8 Å². The molecule has 1 unspecified atom stereocenters. The van der Waals surface area contributed by atoms with Gasteiger partial charge in [-0.1, -0.05) is 26.7 Å². The molecule has 1 atom stereocenters. The molecule has 2 fully saturated rings. The molecule has 0 bridgehead atoms. The van der Waals surface area contributed by atoms with E-state index >= 15 is 0 Å². The van der Waals surface area contributed by atoms with E-state index < -0.39 is 0 Å². The Bertz CT molecular complexity index is 410. The molecule has 2 rings (SSSR count). The zero-order valence-electron chi connectivity index (χ0n) is 13.5. The monoisotopic (exact) mass is 346 g/mol. The number of hydrogen-bond donors (Lipinski definition) is 2. The smallest absolute Gasteiger partial charge is 0.242 e.